The highest BCUT2D eigenvalue weighted by atomic mass is 127. The SMILES string of the molecule is CCCNCc1cc(Br)cnc1-n1cc(I)cn1. The molecule has 2 aromatic rings. The summed E-state index contributed by atoms with van der Waals surface area (Å²) in [5, 5.41) is 7.70. The third-order valence-corrected chi connectivity index (χ3v) is 3.41. The molecule has 2 heterocycles. The van der Waals surface area contributed by atoms with Crippen molar-refractivity contribution >= 4 is 38.5 Å². The minimum Gasteiger partial charge on any atom is -0.313 e. The summed E-state index contributed by atoms with van der Waals surface area (Å²) in [6.45, 7) is 3.96. The van der Waals surface area contributed by atoms with E-state index in [-0.39, 0.29) is 0 Å². The number of nitrogens with one attached hydrogen (secondary N) is 1. The van der Waals surface area contributed by atoms with Gasteiger partial charge in [-0.1, -0.05) is 6.92 Å². The van der Waals surface area contributed by atoms with Crippen LogP contribution in [0.1, 0.15) is 18.9 Å². The molecule has 2 aromatic heterocycles. The molecule has 6 heteroatoms. The van der Waals surface area contributed by atoms with E-state index in [4.69, 9.17) is 0 Å². The Morgan fingerprint density at radius 1 is 1.44 bits per heavy atom. The van der Waals surface area contributed by atoms with Crippen molar-refractivity contribution in [2.24, 2.45) is 0 Å². The van der Waals surface area contributed by atoms with Crippen molar-refractivity contribution in [2.75, 3.05) is 6.54 Å². The van der Waals surface area contributed by atoms with E-state index >= 15 is 0 Å². The average molecular weight is 421 g/mol. The molecule has 0 aliphatic carbocycles. The summed E-state index contributed by atoms with van der Waals surface area (Å²) in [5.74, 6) is 0.879. The zero-order valence-electron chi connectivity index (χ0n) is 10.0. The zero-order valence-corrected chi connectivity index (χ0v) is 13.8. The number of hydrogen-bond donors (Lipinski definition) is 1. The fraction of sp³-hybridized carbons (Fsp3) is 0.333. The van der Waals surface area contributed by atoms with Gasteiger partial charge in [0.15, 0.2) is 5.82 Å². The fourth-order valence-corrected chi connectivity index (χ4v) is 2.39. The molecule has 0 aliphatic rings. The second kappa shape index (κ2) is 6.63. The molecule has 18 heavy (non-hydrogen) atoms. The van der Waals surface area contributed by atoms with Gasteiger partial charge in [-0.15, -0.1) is 0 Å². The van der Waals surface area contributed by atoms with Gasteiger partial charge in [-0.3, -0.25) is 0 Å². The van der Waals surface area contributed by atoms with E-state index in [1.807, 2.05) is 17.1 Å². The Kier molecular flexibility index (Phi) is 5.13. The maximum Gasteiger partial charge on any atom is 0.157 e. The van der Waals surface area contributed by atoms with Gasteiger partial charge in [-0.25, -0.2) is 9.67 Å². The number of aromatic nitrogens is 3. The molecule has 0 saturated heterocycles. The molecule has 1 N–H and O–H groups in total. The molecular weight excluding hydrogens is 407 g/mol. The van der Waals surface area contributed by atoms with Crippen LogP contribution < -0.4 is 5.32 Å². The topological polar surface area (TPSA) is 42.7 Å². The quantitative estimate of drug-likeness (QED) is 0.596. The maximum atomic E-state index is 4.45. The van der Waals surface area contributed by atoms with Crippen molar-refractivity contribution in [2.45, 2.75) is 19.9 Å². The summed E-state index contributed by atoms with van der Waals surface area (Å²) >= 11 is 5.71. The Bertz CT molecular complexity index is 527. The molecule has 0 bridgehead atoms. The van der Waals surface area contributed by atoms with Gasteiger partial charge >= 0.3 is 0 Å². The number of pyridine rings is 1. The van der Waals surface area contributed by atoms with Crippen LogP contribution in [0.15, 0.2) is 29.1 Å². The predicted molar refractivity (Wildman–Crippen MR) is 83.8 cm³/mol. The summed E-state index contributed by atoms with van der Waals surface area (Å²) in [6, 6.07) is 2.08. The smallest absolute Gasteiger partial charge is 0.157 e. The van der Waals surface area contributed by atoms with Gasteiger partial charge < -0.3 is 5.32 Å². The molecule has 0 atom stereocenters. The summed E-state index contributed by atoms with van der Waals surface area (Å²) in [4.78, 5) is 4.45. The molecule has 0 aromatic carbocycles. The first kappa shape index (κ1) is 14.0. The van der Waals surface area contributed by atoms with Crippen LogP contribution in [-0.2, 0) is 6.54 Å². The van der Waals surface area contributed by atoms with E-state index in [0.717, 1.165) is 38.9 Å². The zero-order chi connectivity index (χ0) is 13.0. The third kappa shape index (κ3) is 3.52. The molecule has 0 spiro atoms. The van der Waals surface area contributed by atoms with Gasteiger partial charge in [0, 0.05) is 29.0 Å². The lowest BCUT2D eigenvalue weighted by atomic mass is 10.2. The number of halogens is 2. The van der Waals surface area contributed by atoms with Crippen LogP contribution in [0.5, 0.6) is 0 Å². The molecule has 0 saturated carbocycles. The van der Waals surface area contributed by atoms with Crippen LogP contribution in [0, 0.1) is 3.57 Å². The van der Waals surface area contributed by atoms with Crippen molar-refractivity contribution in [3.63, 3.8) is 0 Å². The van der Waals surface area contributed by atoms with Crippen molar-refractivity contribution in [3.05, 3.63) is 38.3 Å². The lowest BCUT2D eigenvalue weighted by Gasteiger charge is -2.09. The largest absolute Gasteiger partial charge is 0.313 e. The maximum absolute atomic E-state index is 4.45. The average Bonchev–Trinajstić information content (AvgIpc) is 2.76. The Hall–Kier alpha value is -0.470. The van der Waals surface area contributed by atoms with E-state index in [0.29, 0.717) is 0 Å². The van der Waals surface area contributed by atoms with Gasteiger partial charge in [0.1, 0.15) is 0 Å². The Morgan fingerprint density at radius 2 is 2.28 bits per heavy atom. The van der Waals surface area contributed by atoms with Crippen LogP contribution in [0.25, 0.3) is 5.82 Å². The summed E-state index contributed by atoms with van der Waals surface area (Å²) < 4.78 is 3.91. The lowest BCUT2D eigenvalue weighted by Crippen LogP contribution is -2.16. The molecule has 0 fully saturated rings. The van der Waals surface area contributed by atoms with Crippen molar-refractivity contribution in [1.29, 1.82) is 0 Å². The number of hydrogen-bond acceptors (Lipinski definition) is 3. The first-order valence-electron chi connectivity index (χ1n) is 5.76. The van der Waals surface area contributed by atoms with Gasteiger partial charge in [-0.2, -0.15) is 5.10 Å². The second-order valence-corrected chi connectivity index (χ2v) is 6.08. The molecule has 96 valence electrons. The monoisotopic (exact) mass is 420 g/mol. The summed E-state index contributed by atoms with van der Waals surface area (Å²) in [7, 11) is 0. The first-order valence-corrected chi connectivity index (χ1v) is 7.63. The first-order chi connectivity index (χ1) is 8.70. The summed E-state index contributed by atoms with van der Waals surface area (Å²) in [6.07, 6.45) is 6.72. The minimum atomic E-state index is 0.798. The highest BCUT2D eigenvalue weighted by Crippen LogP contribution is 2.17. The predicted octanol–water partition coefficient (Wildman–Crippen LogP) is 3.13. The minimum absolute atomic E-state index is 0.798. The Morgan fingerprint density at radius 3 is 2.94 bits per heavy atom. The van der Waals surface area contributed by atoms with Crippen molar-refractivity contribution in [1.82, 2.24) is 20.1 Å². The Labute approximate surface area is 128 Å². The third-order valence-electron chi connectivity index (χ3n) is 2.42. The van der Waals surface area contributed by atoms with Crippen LogP contribution in [0.4, 0.5) is 0 Å². The van der Waals surface area contributed by atoms with E-state index in [1.165, 1.54) is 0 Å². The summed E-state index contributed by atoms with van der Waals surface area (Å²) in [5.41, 5.74) is 1.14. The van der Waals surface area contributed by atoms with Crippen molar-refractivity contribution < 1.29 is 0 Å². The number of rotatable bonds is 5. The van der Waals surface area contributed by atoms with Gasteiger partial charge in [-0.05, 0) is 57.6 Å². The van der Waals surface area contributed by atoms with E-state index < -0.39 is 0 Å². The molecule has 0 amide bonds. The molecule has 0 radical (unpaired) electrons. The second-order valence-electron chi connectivity index (χ2n) is 3.92. The molecule has 0 aliphatic heterocycles. The van der Waals surface area contributed by atoms with E-state index in [2.05, 4.69) is 66.9 Å². The molecule has 0 unspecified atom stereocenters. The van der Waals surface area contributed by atoms with Gasteiger partial charge in [0.2, 0.25) is 0 Å². The highest BCUT2D eigenvalue weighted by molar-refractivity contribution is 14.1. The van der Waals surface area contributed by atoms with Crippen molar-refractivity contribution in [3.8, 4) is 5.82 Å². The van der Waals surface area contributed by atoms with Gasteiger partial charge in [0.25, 0.3) is 0 Å². The van der Waals surface area contributed by atoms with Crippen LogP contribution in [0.2, 0.25) is 0 Å². The lowest BCUT2D eigenvalue weighted by molar-refractivity contribution is 0.666. The Balaban J connectivity index is 2.28. The molecule has 4 nitrogen and oxygen atoms in total. The molecule has 2 rings (SSSR count). The van der Waals surface area contributed by atoms with Crippen LogP contribution >= 0.6 is 38.5 Å². The number of nitrogens with zero attached hydrogens (tertiary/aromatic N) is 3. The standard InChI is InChI=1S/C12H14BrIN4/c1-2-3-15-5-9-4-10(13)6-16-12(9)18-8-11(14)7-17-18/h4,6-8,15H,2-3,5H2,1H3. The van der Waals surface area contributed by atoms with Gasteiger partial charge in [0.05, 0.1) is 9.77 Å². The normalized spacial score (nSPS) is 10.8. The van der Waals surface area contributed by atoms with E-state index in [9.17, 15) is 0 Å². The fourth-order valence-electron chi connectivity index (χ4n) is 1.63. The molecular formula is C12H14BrIN4. The highest BCUT2D eigenvalue weighted by Gasteiger charge is 2.08. The van der Waals surface area contributed by atoms with E-state index in [1.54, 1.807) is 6.20 Å². The van der Waals surface area contributed by atoms with Crippen LogP contribution in [0.3, 0.4) is 0 Å². The van der Waals surface area contributed by atoms with Crippen LogP contribution in [-0.4, -0.2) is 21.3 Å².